The third kappa shape index (κ3) is 3.01. The van der Waals surface area contributed by atoms with Gasteiger partial charge in [-0.1, -0.05) is 5.82 Å². The number of esters is 1. The van der Waals surface area contributed by atoms with Crippen molar-refractivity contribution >= 4 is 13.8 Å². The Balaban J connectivity index is 2.25. The molecule has 0 saturated heterocycles. The van der Waals surface area contributed by atoms with E-state index in [0.717, 1.165) is 0 Å². The first-order chi connectivity index (χ1) is 6.13. The summed E-state index contributed by atoms with van der Waals surface area (Å²) in [6, 6.07) is 0. The fourth-order valence-electron chi connectivity index (χ4n) is 1.58. The van der Waals surface area contributed by atoms with Crippen molar-refractivity contribution in [1.29, 1.82) is 0 Å². The number of aliphatic hydroxyl groups excluding tert-OH is 1. The number of carbonyl (C=O) groups is 1. The van der Waals surface area contributed by atoms with Gasteiger partial charge in [0.1, 0.15) is 0 Å². The van der Waals surface area contributed by atoms with Gasteiger partial charge in [-0.2, -0.15) is 0 Å². The van der Waals surface area contributed by atoms with Gasteiger partial charge in [0.25, 0.3) is 0 Å². The summed E-state index contributed by atoms with van der Waals surface area (Å²) in [7, 11) is 5.63. The number of ether oxygens (including phenoxy) is 1. The van der Waals surface area contributed by atoms with Crippen LogP contribution in [0.1, 0.15) is 12.8 Å². The highest BCUT2D eigenvalue weighted by Gasteiger charge is 2.30. The minimum Gasteiger partial charge on any atom is -0.464 e. The summed E-state index contributed by atoms with van der Waals surface area (Å²) >= 11 is 0. The van der Waals surface area contributed by atoms with E-state index >= 15 is 0 Å². The summed E-state index contributed by atoms with van der Waals surface area (Å²) in [6.45, 7) is 0.111. The van der Waals surface area contributed by atoms with Gasteiger partial charge in [-0.3, -0.25) is 4.79 Å². The number of nitrogens with two attached hydrogens (primary N) is 1. The third-order valence-corrected chi connectivity index (χ3v) is 2.32. The Bertz CT molecular complexity index is 188. The molecule has 0 amide bonds. The molecule has 5 heteroatoms. The van der Waals surface area contributed by atoms with Gasteiger partial charge in [-0.25, -0.2) is 0 Å². The first-order valence-electron chi connectivity index (χ1n) is 4.42. The molecule has 3 N–H and O–H groups in total. The van der Waals surface area contributed by atoms with Gasteiger partial charge < -0.3 is 15.6 Å². The number of carbonyl (C=O) groups excluding carboxylic acids is 1. The number of rotatable bonds is 3. The van der Waals surface area contributed by atoms with Gasteiger partial charge in [0.15, 0.2) is 0 Å². The van der Waals surface area contributed by atoms with E-state index in [1.807, 2.05) is 0 Å². The maximum atomic E-state index is 10.7. The molecule has 0 aromatic carbocycles. The maximum Gasteiger partial charge on any atom is 0.319 e. The quantitative estimate of drug-likeness (QED) is 0.444. The number of hydrogen-bond donors (Lipinski definition) is 2. The smallest absolute Gasteiger partial charge is 0.319 e. The highest BCUT2D eigenvalue weighted by molar-refractivity contribution is 6.11. The normalized spacial score (nSPS) is 33.2. The molecule has 3 unspecified atom stereocenters. The largest absolute Gasteiger partial charge is 0.464 e. The number of hydrogen-bond acceptors (Lipinski definition) is 4. The Hall–Kier alpha value is -0.545. The Kier molecular flexibility index (Phi) is 3.75. The molecule has 1 fully saturated rings. The van der Waals surface area contributed by atoms with Crippen LogP contribution in [0.15, 0.2) is 0 Å². The standard InChI is InChI=1S/C8H14BNO3/c9-6-1-5(7(11)2-6)4-13-8(12)3-10/h5-7,11H,1-4,10H2. The van der Waals surface area contributed by atoms with Crippen LogP contribution in [0.2, 0.25) is 5.82 Å². The van der Waals surface area contributed by atoms with Crippen LogP contribution in [0.3, 0.4) is 0 Å². The fourth-order valence-corrected chi connectivity index (χ4v) is 1.58. The van der Waals surface area contributed by atoms with Crippen LogP contribution in [0, 0.1) is 5.92 Å². The van der Waals surface area contributed by atoms with E-state index in [4.69, 9.17) is 18.3 Å². The molecule has 4 nitrogen and oxygen atoms in total. The zero-order chi connectivity index (χ0) is 9.84. The Morgan fingerprint density at radius 1 is 1.62 bits per heavy atom. The van der Waals surface area contributed by atoms with Crippen molar-refractivity contribution in [2.45, 2.75) is 24.8 Å². The molecule has 0 aliphatic heterocycles. The molecular weight excluding hydrogens is 169 g/mol. The van der Waals surface area contributed by atoms with Crippen molar-refractivity contribution in [1.82, 2.24) is 0 Å². The van der Waals surface area contributed by atoms with Crippen molar-refractivity contribution in [3.63, 3.8) is 0 Å². The van der Waals surface area contributed by atoms with Gasteiger partial charge in [-0.15, -0.1) is 0 Å². The molecule has 0 bridgehead atoms. The molecule has 1 aliphatic carbocycles. The lowest BCUT2D eigenvalue weighted by atomic mass is 9.85. The summed E-state index contributed by atoms with van der Waals surface area (Å²) in [5.74, 6) is -0.435. The molecule has 0 aromatic rings. The summed E-state index contributed by atoms with van der Waals surface area (Å²) in [6.07, 6.45) is 0.852. The monoisotopic (exact) mass is 183 g/mol. The van der Waals surface area contributed by atoms with Crippen molar-refractivity contribution < 1.29 is 14.6 Å². The molecule has 13 heavy (non-hydrogen) atoms. The molecule has 1 aliphatic rings. The minimum atomic E-state index is -0.444. The van der Waals surface area contributed by atoms with Crippen molar-refractivity contribution in [3.8, 4) is 0 Å². The zero-order valence-corrected chi connectivity index (χ0v) is 7.48. The highest BCUT2D eigenvalue weighted by atomic mass is 16.5. The first kappa shape index (κ1) is 10.5. The molecule has 0 heterocycles. The predicted octanol–water partition coefficient (Wildman–Crippen LogP) is -0.784. The van der Waals surface area contributed by atoms with Crippen LogP contribution in [0.4, 0.5) is 0 Å². The highest BCUT2D eigenvalue weighted by Crippen LogP contribution is 2.33. The van der Waals surface area contributed by atoms with E-state index in [1.165, 1.54) is 0 Å². The molecule has 2 radical (unpaired) electrons. The van der Waals surface area contributed by atoms with Crippen molar-refractivity contribution in [2.24, 2.45) is 11.7 Å². The van der Waals surface area contributed by atoms with Gasteiger partial charge in [0.2, 0.25) is 0 Å². The predicted molar refractivity (Wildman–Crippen MR) is 48.2 cm³/mol. The molecule has 0 spiro atoms. The van der Waals surface area contributed by atoms with E-state index in [9.17, 15) is 9.90 Å². The average molecular weight is 183 g/mol. The lowest BCUT2D eigenvalue weighted by Gasteiger charge is -2.13. The molecule has 3 atom stereocenters. The van der Waals surface area contributed by atoms with Crippen LogP contribution in [0.5, 0.6) is 0 Å². The van der Waals surface area contributed by atoms with Gasteiger partial charge in [0, 0.05) is 5.92 Å². The second-order valence-electron chi connectivity index (χ2n) is 3.45. The Labute approximate surface area is 78.8 Å². The van der Waals surface area contributed by atoms with Crippen LogP contribution >= 0.6 is 0 Å². The summed E-state index contributed by atoms with van der Waals surface area (Å²) in [5, 5.41) is 9.44. The fraction of sp³-hybridized carbons (Fsp3) is 0.875. The summed E-state index contributed by atoms with van der Waals surface area (Å²) in [5.41, 5.74) is 5.06. The van der Waals surface area contributed by atoms with Crippen LogP contribution < -0.4 is 5.73 Å². The summed E-state index contributed by atoms with van der Waals surface area (Å²) < 4.78 is 4.81. The zero-order valence-electron chi connectivity index (χ0n) is 7.48. The van der Waals surface area contributed by atoms with E-state index in [2.05, 4.69) is 0 Å². The van der Waals surface area contributed by atoms with E-state index in [-0.39, 0.29) is 24.9 Å². The van der Waals surface area contributed by atoms with Crippen molar-refractivity contribution in [3.05, 3.63) is 0 Å². The van der Waals surface area contributed by atoms with Crippen LogP contribution in [-0.2, 0) is 9.53 Å². The van der Waals surface area contributed by atoms with Gasteiger partial charge in [0.05, 0.1) is 27.1 Å². The number of aliphatic hydroxyl groups is 1. The molecular formula is C8H14BNO3. The Morgan fingerprint density at radius 2 is 2.31 bits per heavy atom. The molecule has 1 rings (SSSR count). The molecule has 1 saturated carbocycles. The van der Waals surface area contributed by atoms with E-state index < -0.39 is 12.1 Å². The lowest BCUT2D eigenvalue weighted by Crippen LogP contribution is -2.24. The van der Waals surface area contributed by atoms with Crippen molar-refractivity contribution in [2.75, 3.05) is 13.2 Å². The molecule has 0 aromatic heterocycles. The van der Waals surface area contributed by atoms with Gasteiger partial charge >= 0.3 is 5.97 Å². The Morgan fingerprint density at radius 3 is 2.77 bits per heavy atom. The van der Waals surface area contributed by atoms with Gasteiger partial charge in [-0.05, 0) is 12.8 Å². The van der Waals surface area contributed by atoms with Crippen LogP contribution in [0.25, 0.3) is 0 Å². The lowest BCUT2D eigenvalue weighted by molar-refractivity contribution is -0.144. The van der Waals surface area contributed by atoms with Crippen LogP contribution in [-0.4, -0.2) is 38.2 Å². The topological polar surface area (TPSA) is 72.5 Å². The van der Waals surface area contributed by atoms with E-state index in [0.29, 0.717) is 12.8 Å². The SMILES string of the molecule is [B]C1CC(O)C(COC(=O)CN)C1. The second-order valence-corrected chi connectivity index (χ2v) is 3.45. The second kappa shape index (κ2) is 4.62. The summed E-state index contributed by atoms with van der Waals surface area (Å²) in [4.78, 5) is 10.7. The molecule has 72 valence electrons. The maximum absolute atomic E-state index is 10.7. The average Bonchev–Trinajstić information content (AvgIpc) is 2.41. The first-order valence-corrected chi connectivity index (χ1v) is 4.42. The van der Waals surface area contributed by atoms with E-state index in [1.54, 1.807) is 0 Å². The minimum absolute atomic E-state index is 0.0227. The third-order valence-electron chi connectivity index (χ3n) is 2.32.